The van der Waals surface area contributed by atoms with Crippen molar-refractivity contribution in [2.75, 3.05) is 6.54 Å². The number of ether oxygens (including phenoxy) is 1. The molecule has 13 heavy (non-hydrogen) atoms. The molecule has 2 nitrogen and oxygen atoms in total. The number of hydrogen-bond acceptors (Lipinski definition) is 2. The molecule has 0 saturated heterocycles. The Kier molecular flexibility index (Phi) is 2.18. The van der Waals surface area contributed by atoms with Crippen molar-refractivity contribution < 1.29 is 4.74 Å². The number of rotatable bonds is 3. The number of hydrogen-bond donors (Lipinski definition) is 1. The maximum Gasteiger partial charge on any atom is 0.121 e. The summed E-state index contributed by atoms with van der Waals surface area (Å²) in [5.41, 5.74) is 5.52. The van der Waals surface area contributed by atoms with Gasteiger partial charge in [-0.15, -0.1) is 0 Å². The average molecular weight is 198 g/mol. The summed E-state index contributed by atoms with van der Waals surface area (Å²) in [6.45, 7) is 0.593. The highest BCUT2D eigenvalue weighted by Crippen LogP contribution is 2.39. The molecule has 0 unspecified atom stereocenters. The van der Waals surface area contributed by atoms with Crippen LogP contribution >= 0.6 is 11.6 Å². The fraction of sp³-hybridized carbons (Fsp3) is 0.400. The van der Waals surface area contributed by atoms with E-state index >= 15 is 0 Å². The first kappa shape index (κ1) is 8.85. The van der Waals surface area contributed by atoms with Gasteiger partial charge in [0.1, 0.15) is 11.4 Å². The Morgan fingerprint density at radius 1 is 1.31 bits per heavy atom. The summed E-state index contributed by atoms with van der Waals surface area (Å²) in [6.07, 6.45) is 2.12. The standard InChI is InChI=1S/C10H12ClNO/c11-8-1-3-9(4-2-8)13-10(7-12)5-6-10/h1-4H,5-7,12H2. The zero-order chi connectivity index (χ0) is 9.31. The van der Waals surface area contributed by atoms with Crippen molar-refractivity contribution in [2.24, 2.45) is 5.73 Å². The van der Waals surface area contributed by atoms with Gasteiger partial charge in [0.05, 0.1) is 0 Å². The highest BCUT2D eigenvalue weighted by Gasteiger charge is 2.44. The van der Waals surface area contributed by atoms with E-state index < -0.39 is 0 Å². The van der Waals surface area contributed by atoms with Crippen LogP contribution in [0.5, 0.6) is 5.75 Å². The predicted octanol–water partition coefficient (Wildman–Crippen LogP) is 2.21. The SMILES string of the molecule is NCC1(Oc2ccc(Cl)cc2)CC1. The first-order chi connectivity index (χ1) is 6.24. The van der Waals surface area contributed by atoms with Gasteiger partial charge in [0.2, 0.25) is 0 Å². The molecular formula is C10H12ClNO. The van der Waals surface area contributed by atoms with Gasteiger partial charge in [0.15, 0.2) is 0 Å². The molecule has 2 rings (SSSR count). The molecule has 0 aliphatic heterocycles. The minimum absolute atomic E-state index is 0.0756. The van der Waals surface area contributed by atoms with Crippen LogP contribution in [0.2, 0.25) is 5.02 Å². The molecule has 1 aliphatic carbocycles. The second-order valence-corrected chi connectivity index (χ2v) is 3.88. The molecule has 70 valence electrons. The minimum Gasteiger partial charge on any atom is -0.486 e. The molecule has 2 N–H and O–H groups in total. The van der Waals surface area contributed by atoms with Crippen molar-refractivity contribution in [1.82, 2.24) is 0 Å². The molecule has 3 heteroatoms. The van der Waals surface area contributed by atoms with E-state index in [1.807, 2.05) is 24.3 Å². The van der Waals surface area contributed by atoms with E-state index in [2.05, 4.69) is 0 Å². The van der Waals surface area contributed by atoms with E-state index in [-0.39, 0.29) is 5.60 Å². The minimum atomic E-state index is -0.0756. The van der Waals surface area contributed by atoms with Crippen molar-refractivity contribution in [3.05, 3.63) is 29.3 Å². The van der Waals surface area contributed by atoms with E-state index in [1.165, 1.54) is 0 Å². The van der Waals surface area contributed by atoms with Crippen LogP contribution in [-0.4, -0.2) is 12.1 Å². The molecule has 1 aliphatic rings. The fourth-order valence-electron chi connectivity index (χ4n) is 1.24. The molecule has 0 spiro atoms. The molecule has 1 aromatic rings. The summed E-state index contributed by atoms with van der Waals surface area (Å²) in [4.78, 5) is 0. The molecule has 0 heterocycles. The first-order valence-corrected chi connectivity index (χ1v) is 4.77. The van der Waals surface area contributed by atoms with E-state index in [4.69, 9.17) is 22.1 Å². The van der Waals surface area contributed by atoms with Crippen LogP contribution in [0.4, 0.5) is 0 Å². The molecule has 0 radical (unpaired) electrons. The van der Waals surface area contributed by atoms with E-state index in [0.717, 1.165) is 23.6 Å². The summed E-state index contributed by atoms with van der Waals surface area (Å²) in [5, 5.41) is 0.727. The number of halogens is 1. The van der Waals surface area contributed by atoms with Crippen LogP contribution < -0.4 is 10.5 Å². The van der Waals surface area contributed by atoms with Gasteiger partial charge in [-0.25, -0.2) is 0 Å². The summed E-state index contributed by atoms with van der Waals surface area (Å²) in [6, 6.07) is 7.39. The summed E-state index contributed by atoms with van der Waals surface area (Å²) >= 11 is 5.75. The molecule has 0 aromatic heterocycles. The molecule has 0 bridgehead atoms. The Hall–Kier alpha value is -0.730. The van der Waals surface area contributed by atoms with Gasteiger partial charge in [0, 0.05) is 11.6 Å². The second kappa shape index (κ2) is 3.20. The van der Waals surface area contributed by atoms with E-state index in [1.54, 1.807) is 0 Å². The third-order valence-electron chi connectivity index (χ3n) is 2.33. The topological polar surface area (TPSA) is 35.2 Å². The quantitative estimate of drug-likeness (QED) is 0.807. The smallest absolute Gasteiger partial charge is 0.121 e. The number of nitrogens with two attached hydrogens (primary N) is 1. The van der Waals surface area contributed by atoms with E-state index in [9.17, 15) is 0 Å². The van der Waals surface area contributed by atoms with Gasteiger partial charge in [-0.3, -0.25) is 0 Å². The molecule has 0 atom stereocenters. The van der Waals surface area contributed by atoms with Gasteiger partial charge in [-0.2, -0.15) is 0 Å². The van der Waals surface area contributed by atoms with E-state index in [0.29, 0.717) is 6.54 Å². The monoisotopic (exact) mass is 197 g/mol. The van der Waals surface area contributed by atoms with Crippen LogP contribution in [0.1, 0.15) is 12.8 Å². The molecule has 1 aromatic carbocycles. The highest BCUT2D eigenvalue weighted by molar-refractivity contribution is 6.30. The normalized spacial score (nSPS) is 18.3. The average Bonchev–Trinajstić information content (AvgIpc) is 2.90. The maximum atomic E-state index is 5.75. The number of benzene rings is 1. The lowest BCUT2D eigenvalue weighted by Gasteiger charge is -2.15. The van der Waals surface area contributed by atoms with Gasteiger partial charge in [-0.1, -0.05) is 11.6 Å². The summed E-state index contributed by atoms with van der Waals surface area (Å²) < 4.78 is 5.73. The third kappa shape index (κ3) is 1.95. The van der Waals surface area contributed by atoms with Crippen LogP contribution in [-0.2, 0) is 0 Å². The van der Waals surface area contributed by atoms with Crippen LogP contribution in [0.25, 0.3) is 0 Å². The molecule has 0 amide bonds. The third-order valence-corrected chi connectivity index (χ3v) is 2.58. The van der Waals surface area contributed by atoms with Crippen molar-refractivity contribution in [3.8, 4) is 5.75 Å². The largest absolute Gasteiger partial charge is 0.486 e. The van der Waals surface area contributed by atoms with Crippen molar-refractivity contribution in [3.63, 3.8) is 0 Å². The molecule has 1 fully saturated rings. The Labute approximate surface area is 82.6 Å². The summed E-state index contributed by atoms with van der Waals surface area (Å²) in [7, 11) is 0. The lowest BCUT2D eigenvalue weighted by Crippen LogP contribution is -2.28. The molecule has 1 saturated carbocycles. The van der Waals surface area contributed by atoms with Gasteiger partial charge in [-0.05, 0) is 37.1 Å². The summed E-state index contributed by atoms with van der Waals surface area (Å²) in [5.74, 6) is 0.854. The predicted molar refractivity (Wildman–Crippen MR) is 53.1 cm³/mol. The lowest BCUT2D eigenvalue weighted by molar-refractivity contribution is 0.187. The zero-order valence-electron chi connectivity index (χ0n) is 7.29. The molecular weight excluding hydrogens is 186 g/mol. The van der Waals surface area contributed by atoms with Crippen LogP contribution in [0.15, 0.2) is 24.3 Å². The van der Waals surface area contributed by atoms with Crippen LogP contribution in [0.3, 0.4) is 0 Å². The maximum absolute atomic E-state index is 5.75. The van der Waals surface area contributed by atoms with Crippen molar-refractivity contribution in [2.45, 2.75) is 18.4 Å². The van der Waals surface area contributed by atoms with Crippen LogP contribution in [0, 0.1) is 0 Å². The Balaban J connectivity index is 2.06. The first-order valence-electron chi connectivity index (χ1n) is 4.39. The van der Waals surface area contributed by atoms with Crippen molar-refractivity contribution >= 4 is 11.6 Å². The highest BCUT2D eigenvalue weighted by atomic mass is 35.5. The Bertz CT molecular complexity index is 292. The zero-order valence-corrected chi connectivity index (χ0v) is 8.05. The lowest BCUT2D eigenvalue weighted by atomic mass is 10.3. The van der Waals surface area contributed by atoms with Gasteiger partial charge >= 0.3 is 0 Å². The Morgan fingerprint density at radius 3 is 2.38 bits per heavy atom. The van der Waals surface area contributed by atoms with Gasteiger partial charge in [0.25, 0.3) is 0 Å². The second-order valence-electron chi connectivity index (χ2n) is 3.44. The fourth-order valence-corrected chi connectivity index (χ4v) is 1.37. The van der Waals surface area contributed by atoms with Crippen molar-refractivity contribution in [1.29, 1.82) is 0 Å². The van der Waals surface area contributed by atoms with Gasteiger partial charge < -0.3 is 10.5 Å². The Morgan fingerprint density at radius 2 is 1.92 bits per heavy atom.